The third-order valence-electron chi connectivity index (χ3n) is 11.1. The molecule has 2 radical (unpaired) electrons. The molecule has 0 amide bonds. The van der Waals surface area contributed by atoms with E-state index in [1.165, 1.54) is 97.5 Å². The topological polar surface area (TPSA) is 4.93 Å². The summed E-state index contributed by atoms with van der Waals surface area (Å²) in [5, 5.41) is 15.4. The normalized spacial score (nSPS) is 11.8. The van der Waals surface area contributed by atoms with Crippen molar-refractivity contribution in [1.29, 1.82) is 0 Å². The average Bonchev–Trinajstić information content (AvgIpc) is 3.57. The molecule has 1 nitrogen and oxygen atoms in total. The zero-order valence-corrected chi connectivity index (χ0v) is 30.5. The van der Waals surface area contributed by atoms with Crippen LogP contribution < -0.4 is 10.4 Å². The van der Waals surface area contributed by atoms with Crippen molar-refractivity contribution in [3.8, 4) is 27.9 Å². The molecular formula is C52H33NSi. The maximum Gasteiger partial charge on any atom is 0.121 e. The third kappa shape index (κ3) is 4.85. The monoisotopic (exact) mass is 699 g/mol. The lowest BCUT2D eigenvalue weighted by Gasteiger charge is -2.20. The molecule has 0 aliphatic carbocycles. The second-order valence-corrected chi connectivity index (χ2v) is 15.6. The van der Waals surface area contributed by atoms with Gasteiger partial charge in [0.05, 0.1) is 11.0 Å². The summed E-state index contributed by atoms with van der Waals surface area (Å²) in [6, 6.07) is 74.0. The van der Waals surface area contributed by atoms with Crippen molar-refractivity contribution >= 4 is 84.8 Å². The highest BCUT2D eigenvalue weighted by molar-refractivity contribution is 6.67. The number of benzene rings is 10. The summed E-state index contributed by atoms with van der Waals surface area (Å²) in [7, 11) is 0.566. The zero-order chi connectivity index (χ0) is 35.6. The molecule has 11 aromatic rings. The van der Waals surface area contributed by atoms with E-state index >= 15 is 0 Å². The Hall–Kier alpha value is -6.74. The van der Waals surface area contributed by atoms with Crippen molar-refractivity contribution in [3.63, 3.8) is 0 Å². The third-order valence-corrected chi connectivity index (χ3v) is 12.3. The van der Waals surface area contributed by atoms with Crippen molar-refractivity contribution in [2.24, 2.45) is 0 Å². The van der Waals surface area contributed by atoms with Gasteiger partial charge in [-0.1, -0.05) is 180 Å². The first-order valence-electron chi connectivity index (χ1n) is 18.6. The maximum absolute atomic E-state index is 2.47. The van der Waals surface area contributed by atoms with Crippen LogP contribution in [0.2, 0.25) is 0 Å². The standard InChI is InChI=1S/C52H33NSi/c1-2-15-37(16-3-1)54-38-30-31-46-48(33-38)52(47-32-35-14-4-5-17-39(35)40-18-6-7-19-41(40)47)45-23-9-8-22-44(45)51(46)34-26-28-36(29-27-34)53-49-24-12-10-20-42(49)43-21-11-13-25-50(43)53/h1-33H. The van der Waals surface area contributed by atoms with Crippen LogP contribution in [0.5, 0.6) is 0 Å². The van der Waals surface area contributed by atoms with Gasteiger partial charge in [0.15, 0.2) is 0 Å². The van der Waals surface area contributed by atoms with E-state index in [-0.39, 0.29) is 0 Å². The maximum atomic E-state index is 2.47. The molecule has 54 heavy (non-hydrogen) atoms. The van der Waals surface area contributed by atoms with Crippen LogP contribution in [0, 0.1) is 0 Å². The van der Waals surface area contributed by atoms with E-state index < -0.39 is 0 Å². The van der Waals surface area contributed by atoms with Crippen molar-refractivity contribution in [2.75, 3.05) is 0 Å². The quantitative estimate of drug-likeness (QED) is 0.0957. The fourth-order valence-electron chi connectivity index (χ4n) is 8.78. The predicted octanol–water partition coefficient (Wildman–Crippen LogP) is 12.4. The molecule has 1 aromatic heterocycles. The van der Waals surface area contributed by atoms with Gasteiger partial charge in [0.2, 0.25) is 0 Å². The van der Waals surface area contributed by atoms with Crippen molar-refractivity contribution in [3.05, 3.63) is 200 Å². The van der Waals surface area contributed by atoms with Crippen LogP contribution in [0.4, 0.5) is 0 Å². The van der Waals surface area contributed by atoms with E-state index in [1.807, 2.05) is 0 Å². The molecule has 0 aliphatic rings. The summed E-state index contributed by atoms with van der Waals surface area (Å²) in [4.78, 5) is 0. The highest BCUT2D eigenvalue weighted by Crippen LogP contribution is 2.46. The summed E-state index contributed by atoms with van der Waals surface area (Å²) in [6.45, 7) is 0. The molecule has 11 rings (SSSR count). The highest BCUT2D eigenvalue weighted by atomic mass is 28.2. The molecule has 250 valence electrons. The number of aromatic nitrogens is 1. The first-order chi connectivity index (χ1) is 26.8. The van der Waals surface area contributed by atoms with Crippen LogP contribution in [0.1, 0.15) is 0 Å². The first kappa shape index (κ1) is 30.8. The van der Waals surface area contributed by atoms with Gasteiger partial charge in [-0.15, -0.1) is 0 Å². The minimum Gasteiger partial charge on any atom is -0.309 e. The Balaban J connectivity index is 1.19. The Kier molecular flexibility index (Phi) is 7.11. The van der Waals surface area contributed by atoms with Crippen LogP contribution in [0.3, 0.4) is 0 Å². The van der Waals surface area contributed by atoms with E-state index in [4.69, 9.17) is 0 Å². The highest BCUT2D eigenvalue weighted by Gasteiger charge is 2.20. The Morgan fingerprint density at radius 1 is 0.315 bits per heavy atom. The molecule has 0 bridgehead atoms. The minimum absolute atomic E-state index is 0.566. The zero-order valence-electron chi connectivity index (χ0n) is 29.5. The van der Waals surface area contributed by atoms with Gasteiger partial charge in [0.1, 0.15) is 9.52 Å². The van der Waals surface area contributed by atoms with Gasteiger partial charge in [0, 0.05) is 16.5 Å². The van der Waals surface area contributed by atoms with Crippen molar-refractivity contribution in [2.45, 2.75) is 0 Å². The molecule has 10 aromatic carbocycles. The number of fused-ring (bicyclic) bond motifs is 8. The lowest BCUT2D eigenvalue weighted by atomic mass is 9.84. The van der Waals surface area contributed by atoms with Crippen LogP contribution in [0.25, 0.3) is 92.8 Å². The largest absolute Gasteiger partial charge is 0.309 e. The van der Waals surface area contributed by atoms with Crippen molar-refractivity contribution < 1.29 is 0 Å². The van der Waals surface area contributed by atoms with E-state index in [0.29, 0.717) is 9.52 Å². The summed E-state index contributed by atoms with van der Waals surface area (Å²) in [6.07, 6.45) is 0. The molecule has 0 unspecified atom stereocenters. The molecule has 2 heteroatoms. The first-order valence-corrected chi connectivity index (χ1v) is 19.6. The van der Waals surface area contributed by atoms with Gasteiger partial charge in [-0.3, -0.25) is 0 Å². The van der Waals surface area contributed by atoms with E-state index in [1.54, 1.807) is 0 Å². The summed E-state index contributed by atoms with van der Waals surface area (Å²) >= 11 is 0. The molecular weight excluding hydrogens is 667 g/mol. The average molecular weight is 700 g/mol. The van der Waals surface area contributed by atoms with Crippen LogP contribution in [-0.4, -0.2) is 14.1 Å². The van der Waals surface area contributed by atoms with Gasteiger partial charge >= 0.3 is 0 Å². The van der Waals surface area contributed by atoms with Gasteiger partial charge in [-0.2, -0.15) is 0 Å². The van der Waals surface area contributed by atoms with Gasteiger partial charge in [0.25, 0.3) is 0 Å². The molecule has 0 fully saturated rings. The fourth-order valence-corrected chi connectivity index (χ4v) is 9.86. The molecule has 0 atom stereocenters. The molecule has 0 saturated carbocycles. The lowest BCUT2D eigenvalue weighted by molar-refractivity contribution is 1.18. The smallest absolute Gasteiger partial charge is 0.121 e. The van der Waals surface area contributed by atoms with Crippen molar-refractivity contribution in [1.82, 2.24) is 4.57 Å². The minimum atomic E-state index is 0.566. The Morgan fingerprint density at radius 2 is 0.852 bits per heavy atom. The van der Waals surface area contributed by atoms with Gasteiger partial charge in [-0.25, -0.2) is 0 Å². The number of para-hydroxylation sites is 2. The number of hydrogen-bond donors (Lipinski definition) is 0. The van der Waals surface area contributed by atoms with E-state index in [2.05, 4.69) is 205 Å². The molecule has 0 aliphatic heterocycles. The summed E-state index contributed by atoms with van der Waals surface area (Å²) < 4.78 is 2.40. The SMILES string of the molecule is c1ccc([Si]c2ccc3c(-c4ccc(-n5c6ccccc6c6ccccc65)cc4)c4ccccc4c(-c4cc5ccccc5c5ccccc45)c3c2)cc1. The second kappa shape index (κ2) is 12.4. The lowest BCUT2D eigenvalue weighted by Crippen LogP contribution is -2.26. The Morgan fingerprint density at radius 3 is 1.56 bits per heavy atom. The van der Waals surface area contributed by atoms with Crippen LogP contribution in [0.15, 0.2) is 200 Å². The number of nitrogens with zero attached hydrogens (tertiary/aromatic N) is 1. The van der Waals surface area contributed by atoms with Gasteiger partial charge in [-0.05, 0) is 95.7 Å². The molecule has 0 N–H and O–H groups in total. The Bertz CT molecular complexity index is 3170. The number of hydrogen-bond acceptors (Lipinski definition) is 0. The summed E-state index contributed by atoms with van der Waals surface area (Å²) in [5.74, 6) is 0. The van der Waals surface area contributed by atoms with Gasteiger partial charge < -0.3 is 4.57 Å². The van der Waals surface area contributed by atoms with E-state index in [0.717, 1.165) is 5.69 Å². The summed E-state index contributed by atoms with van der Waals surface area (Å²) in [5.41, 5.74) is 8.68. The predicted molar refractivity (Wildman–Crippen MR) is 233 cm³/mol. The second-order valence-electron chi connectivity index (χ2n) is 14.2. The fraction of sp³-hybridized carbons (Fsp3) is 0. The number of rotatable bonds is 5. The molecule has 0 spiro atoms. The molecule has 0 saturated heterocycles. The van der Waals surface area contributed by atoms with E-state index in [9.17, 15) is 0 Å². The van der Waals surface area contributed by atoms with Crippen LogP contribution in [-0.2, 0) is 0 Å². The van der Waals surface area contributed by atoms with Crippen LogP contribution >= 0.6 is 0 Å². The molecule has 1 heterocycles. The Labute approximate surface area is 316 Å².